The summed E-state index contributed by atoms with van der Waals surface area (Å²) in [5, 5.41) is 30.4. The first-order valence-electron chi connectivity index (χ1n) is 14.9. The zero-order valence-corrected chi connectivity index (χ0v) is 26.8. The second kappa shape index (κ2) is 15.9. The standard InChI is InChI=1S/C36H33F3O8S/c1-3-9-27-29(16-15-25(21(2)40)34(27)43)46-17-7-5-4-6-12-32(33(42)22-10-8-11-23(18-22)36(37,38)39)48-24-13-14-26-28(41)20-31(35(44)45)47-30(26)19-24/h4-6,8,10-16,18-20,32-33,42-43H,3,7,9,17H2,1-2H3,(H,44,45)/b5-4-,12-6+. The summed E-state index contributed by atoms with van der Waals surface area (Å²) < 4.78 is 51.5. The molecule has 3 N–H and O–H groups in total. The number of carboxylic acid groups (broad SMARTS) is 1. The number of hydrogen-bond donors (Lipinski definition) is 3. The normalized spacial score (nSPS) is 13.3. The molecule has 0 aliphatic heterocycles. The van der Waals surface area contributed by atoms with Crippen LogP contribution in [0.15, 0.2) is 99.1 Å². The van der Waals surface area contributed by atoms with Crippen molar-refractivity contribution in [2.75, 3.05) is 6.61 Å². The molecule has 12 heteroatoms. The highest BCUT2D eigenvalue weighted by atomic mass is 32.2. The Labute approximate surface area is 278 Å². The first-order valence-corrected chi connectivity index (χ1v) is 15.8. The molecule has 0 aliphatic rings. The molecular weight excluding hydrogens is 649 g/mol. The van der Waals surface area contributed by atoms with Crippen LogP contribution in [0.4, 0.5) is 13.2 Å². The Morgan fingerprint density at radius 2 is 1.83 bits per heavy atom. The van der Waals surface area contributed by atoms with Crippen LogP contribution < -0.4 is 10.2 Å². The quantitative estimate of drug-likeness (QED) is 0.0521. The fraction of sp³-hybridized carbons (Fsp3) is 0.250. The second-order valence-electron chi connectivity index (χ2n) is 10.8. The van der Waals surface area contributed by atoms with Gasteiger partial charge in [-0.25, -0.2) is 4.79 Å². The van der Waals surface area contributed by atoms with E-state index in [0.717, 1.165) is 36.4 Å². The lowest BCUT2D eigenvalue weighted by molar-refractivity contribution is -0.137. The van der Waals surface area contributed by atoms with Gasteiger partial charge in [-0.05, 0) is 67.8 Å². The monoisotopic (exact) mass is 682 g/mol. The highest BCUT2D eigenvalue weighted by molar-refractivity contribution is 8.00. The second-order valence-corrected chi connectivity index (χ2v) is 12.0. The Morgan fingerprint density at radius 3 is 2.52 bits per heavy atom. The van der Waals surface area contributed by atoms with Crippen LogP contribution in [-0.2, 0) is 12.6 Å². The zero-order chi connectivity index (χ0) is 35.0. The van der Waals surface area contributed by atoms with Gasteiger partial charge >= 0.3 is 12.1 Å². The van der Waals surface area contributed by atoms with Gasteiger partial charge in [-0.2, -0.15) is 13.2 Å². The topological polar surface area (TPSA) is 134 Å². The summed E-state index contributed by atoms with van der Waals surface area (Å²) in [4.78, 5) is 36.0. The van der Waals surface area contributed by atoms with E-state index in [1.54, 1.807) is 36.4 Å². The minimum atomic E-state index is -4.61. The van der Waals surface area contributed by atoms with Crippen molar-refractivity contribution in [1.29, 1.82) is 0 Å². The summed E-state index contributed by atoms with van der Waals surface area (Å²) in [6.45, 7) is 3.58. The largest absolute Gasteiger partial charge is 0.507 e. The van der Waals surface area contributed by atoms with Crippen molar-refractivity contribution in [2.24, 2.45) is 0 Å². The number of halogens is 3. The molecule has 0 spiro atoms. The molecule has 2 unspecified atom stereocenters. The van der Waals surface area contributed by atoms with Gasteiger partial charge < -0.3 is 24.5 Å². The maximum absolute atomic E-state index is 13.4. The fourth-order valence-electron chi connectivity index (χ4n) is 4.88. The van der Waals surface area contributed by atoms with Crippen LogP contribution in [0.2, 0.25) is 0 Å². The number of carboxylic acids is 1. The molecule has 0 bridgehead atoms. The SMILES string of the molecule is CCCc1c(OCC/C=C\C=C\C(Sc2ccc3c(=O)cc(C(=O)O)oc3c2)C(O)c2cccc(C(F)(F)F)c2)ccc(C(C)=O)c1O. The summed E-state index contributed by atoms with van der Waals surface area (Å²) in [5.74, 6) is -1.82. The fourth-order valence-corrected chi connectivity index (χ4v) is 5.97. The molecule has 252 valence electrons. The number of benzene rings is 3. The number of aromatic hydroxyl groups is 1. The summed E-state index contributed by atoms with van der Waals surface area (Å²) >= 11 is 1.08. The van der Waals surface area contributed by atoms with E-state index in [1.807, 2.05) is 6.92 Å². The van der Waals surface area contributed by atoms with Crippen molar-refractivity contribution in [1.82, 2.24) is 0 Å². The molecule has 0 saturated heterocycles. The van der Waals surface area contributed by atoms with E-state index in [0.29, 0.717) is 29.1 Å². The van der Waals surface area contributed by atoms with Crippen molar-refractivity contribution in [3.8, 4) is 11.5 Å². The van der Waals surface area contributed by atoms with Crippen LogP contribution in [-0.4, -0.2) is 38.9 Å². The zero-order valence-electron chi connectivity index (χ0n) is 26.0. The van der Waals surface area contributed by atoms with Crippen molar-refractivity contribution in [3.63, 3.8) is 0 Å². The minimum Gasteiger partial charge on any atom is -0.507 e. The number of allylic oxidation sites excluding steroid dienone is 2. The number of aliphatic hydroxyl groups is 1. The first kappa shape index (κ1) is 36.0. The van der Waals surface area contributed by atoms with Crippen LogP contribution in [0.3, 0.4) is 0 Å². The summed E-state index contributed by atoms with van der Waals surface area (Å²) in [6, 6.07) is 12.9. The molecule has 8 nitrogen and oxygen atoms in total. The van der Waals surface area contributed by atoms with Gasteiger partial charge in [0.25, 0.3) is 0 Å². The average Bonchev–Trinajstić information content (AvgIpc) is 3.04. The van der Waals surface area contributed by atoms with E-state index >= 15 is 0 Å². The smallest absolute Gasteiger partial charge is 0.416 e. The summed E-state index contributed by atoms with van der Waals surface area (Å²) in [7, 11) is 0. The van der Waals surface area contributed by atoms with Gasteiger partial charge in [0.05, 0.1) is 34.5 Å². The molecule has 3 aromatic carbocycles. The van der Waals surface area contributed by atoms with Crippen molar-refractivity contribution in [2.45, 2.75) is 55.5 Å². The van der Waals surface area contributed by atoms with Crippen molar-refractivity contribution < 1.29 is 47.2 Å². The Balaban J connectivity index is 1.53. The number of carbonyl (C=O) groups is 2. The number of fused-ring (bicyclic) bond motifs is 1. The summed E-state index contributed by atoms with van der Waals surface area (Å²) in [6.07, 6.45) is 2.44. The Bertz CT molecular complexity index is 1910. The molecule has 4 aromatic rings. The molecule has 0 fully saturated rings. The van der Waals surface area contributed by atoms with E-state index in [1.165, 1.54) is 37.3 Å². The average molecular weight is 683 g/mol. The van der Waals surface area contributed by atoms with Crippen LogP contribution >= 0.6 is 11.8 Å². The van der Waals surface area contributed by atoms with Gasteiger partial charge in [0.15, 0.2) is 11.2 Å². The Kier molecular flexibility index (Phi) is 11.9. The van der Waals surface area contributed by atoms with Gasteiger partial charge in [0, 0.05) is 16.5 Å². The lowest BCUT2D eigenvalue weighted by Gasteiger charge is -2.21. The van der Waals surface area contributed by atoms with Crippen LogP contribution in [0.25, 0.3) is 11.0 Å². The van der Waals surface area contributed by atoms with E-state index in [-0.39, 0.29) is 40.2 Å². The lowest BCUT2D eigenvalue weighted by Crippen LogP contribution is -2.14. The predicted octanol–water partition coefficient (Wildman–Crippen LogP) is 8.15. The third-order valence-corrected chi connectivity index (χ3v) is 8.47. The number of aromatic carboxylic acids is 1. The number of alkyl halides is 3. The number of carbonyl (C=O) groups excluding carboxylic acids is 1. The maximum atomic E-state index is 13.4. The molecule has 0 aliphatic carbocycles. The van der Waals surface area contributed by atoms with Crippen molar-refractivity contribution in [3.05, 3.63) is 123 Å². The van der Waals surface area contributed by atoms with E-state index in [2.05, 4.69) is 0 Å². The maximum Gasteiger partial charge on any atom is 0.416 e. The number of hydrogen-bond acceptors (Lipinski definition) is 8. The van der Waals surface area contributed by atoms with Gasteiger partial charge in [-0.3, -0.25) is 9.59 Å². The highest BCUT2D eigenvalue weighted by Gasteiger charge is 2.31. The number of ketones is 1. The molecule has 4 rings (SSSR count). The first-order chi connectivity index (χ1) is 22.8. The highest BCUT2D eigenvalue weighted by Crippen LogP contribution is 2.37. The molecule has 1 heterocycles. The number of aliphatic hydroxyl groups excluding tert-OH is 1. The number of thioether (sulfide) groups is 1. The number of phenols is 1. The number of Topliss-reactive ketones (excluding diaryl/α,β-unsaturated/α-hetero) is 1. The Hall–Kier alpha value is -4.81. The van der Waals surface area contributed by atoms with Gasteiger partial charge in [-0.1, -0.05) is 49.8 Å². The van der Waals surface area contributed by atoms with Crippen LogP contribution in [0, 0.1) is 0 Å². The van der Waals surface area contributed by atoms with Crippen LogP contribution in [0.1, 0.15) is 70.4 Å². The van der Waals surface area contributed by atoms with E-state index in [9.17, 15) is 42.9 Å². The Morgan fingerprint density at radius 1 is 1.06 bits per heavy atom. The molecule has 0 saturated carbocycles. The van der Waals surface area contributed by atoms with Crippen LogP contribution in [0.5, 0.6) is 11.5 Å². The molecule has 2 atom stereocenters. The predicted molar refractivity (Wildman–Crippen MR) is 176 cm³/mol. The molecule has 0 radical (unpaired) electrons. The number of rotatable bonds is 14. The van der Waals surface area contributed by atoms with E-state index in [4.69, 9.17) is 9.15 Å². The molecule has 0 amide bonds. The molecule has 48 heavy (non-hydrogen) atoms. The molecule has 1 aromatic heterocycles. The minimum absolute atomic E-state index is 0.00688. The number of ether oxygens (including phenoxy) is 1. The van der Waals surface area contributed by atoms with Gasteiger partial charge in [0.2, 0.25) is 5.76 Å². The molecular formula is C36H33F3O8S. The van der Waals surface area contributed by atoms with Gasteiger partial charge in [0.1, 0.15) is 17.1 Å². The van der Waals surface area contributed by atoms with E-state index < -0.39 is 40.3 Å². The van der Waals surface area contributed by atoms with Crippen molar-refractivity contribution >= 4 is 34.5 Å². The third kappa shape index (κ3) is 8.96. The lowest BCUT2D eigenvalue weighted by atomic mass is 10.0. The van der Waals surface area contributed by atoms with Gasteiger partial charge in [-0.15, -0.1) is 11.8 Å². The number of phenolic OH excluding ortho intramolecular Hbond substituents is 1. The third-order valence-electron chi connectivity index (χ3n) is 7.26. The summed E-state index contributed by atoms with van der Waals surface area (Å²) in [5.41, 5.74) is -0.629.